The van der Waals surface area contributed by atoms with Crippen molar-refractivity contribution in [1.82, 2.24) is 10.3 Å². The summed E-state index contributed by atoms with van der Waals surface area (Å²) < 4.78 is 11.0. The minimum Gasteiger partial charge on any atom is -0.486 e. The van der Waals surface area contributed by atoms with Crippen molar-refractivity contribution < 1.29 is 19.1 Å². The minimum atomic E-state index is -0.338. The van der Waals surface area contributed by atoms with Crippen molar-refractivity contribution in [2.45, 2.75) is 31.7 Å². The molecule has 0 spiro atoms. The number of fused-ring (bicyclic) bond motifs is 1. The fourth-order valence-electron chi connectivity index (χ4n) is 3.35. The maximum Gasteiger partial charge on any atom is 0.257 e. The first-order valence-corrected chi connectivity index (χ1v) is 9.16. The summed E-state index contributed by atoms with van der Waals surface area (Å²) in [6.07, 6.45) is 7.21. The molecule has 7 nitrogen and oxygen atoms in total. The van der Waals surface area contributed by atoms with Crippen LogP contribution in [0.2, 0.25) is 0 Å². The molecule has 2 amide bonds. The summed E-state index contributed by atoms with van der Waals surface area (Å²) in [6, 6.07) is 7.00. The van der Waals surface area contributed by atoms with Gasteiger partial charge in [0, 0.05) is 30.2 Å². The Kier molecular flexibility index (Phi) is 4.91. The smallest absolute Gasteiger partial charge is 0.257 e. The van der Waals surface area contributed by atoms with Crippen molar-refractivity contribution in [3.8, 4) is 11.5 Å². The highest BCUT2D eigenvalue weighted by Crippen LogP contribution is 2.32. The second-order valence-electron chi connectivity index (χ2n) is 6.73. The van der Waals surface area contributed by atoms with Crippen LogP contribution >= 0.6 is 0 Å². The molecule has 2 aliphatic rings. The minimum absolute atomic E-state index is 0.191. The van der Waals surface area contributed by atoms with Crippen molar-refractivity contribution in [2.75, 3.05) is 18.5 Å². The van der Waals surface area contributed by atoms with Crippen LogP contribution in [-0.2, 0) is 0 Å². The molecular weight excluding hydrogens is 346 g/mol. The third-order valence-corrected chi connectivity index (χ3v) is 4.75. The maximum atomic E-state index is 12.5. The molecule has 1 aliphatic heterocycles. The second-order valence-corrected chi connectivity index (χ2v) is 6.73. The summed E-state index contributed by atoms with van der Waals surface area (Å²) in [5.41, 5.74) is 1.30. The number of anilines is 1. The van der Waals surface area contributed by atoms with E-state index in [2.05, 4.69) is 15.6 Å². The molecule has 4 rings (SSSR count). The van der Waals surface area contributed by atoms with Crippen LogP contribution in [0.25, 0.3) is 0 Å². The van der Waals surface area contributed by atoms with E-state index in [0.717, 1.165) is 25.7 Å². The van der Waals surface area contributed by atoms with Crippen LogP contribution in [0.1, 0.15) is 46.4 Å². The van der Waals surface area contributed by atoms with Crippen molar-refractivity contribution in [3.63, 3.8) is 0 Å². The van der Waals surface area contributed by atoms with E-state index in [0.29, 0.717) is 41.5 Å². The maximum absolute atomic E-state index is 12.5. The predicted molar refractivity (Wildman–Crippen MR) is 99.3 cm³/mol. The first-order valence-electron chi connectivity index (χ1n) is 9.16. The SMILES string of the molecule is O=C(Nc1ccc2c(c1)OCCO2)c1cncc(C(=O)NC2CCCC2)c1. The van der Waals surface area contributed by atoms with Gasteiger partial charge in [0.15, 0.2) is 11.5 Å². The van der Waals surface area contributed by atoms with E-state index in [9.17, 15) is 9.59 Å². The highest BCUT2D eigenvalue weighted by atomic mass is 16.6. The van der Waals surface area contributed by atoms with E-state index in [1.165, 1.54) is 12.4 Å². The molecule has 1 aromatic carbocycles. The Bertz CT molecular complexity index is 862. The van der Waals surface area contributed by atoms with Gasteiger partial charge in [0.05, 0.1) is 11.1 Å². The van der Waals surface area contributed by atoms with Gasteiger partial charge in [-0.05, 0) is 31.0 Å². The van der Waals surface area contributed by atoms with Crippen molar-refractivity contribution in [3.05, 3.63) is 47.8 Å². The number of carbonyl (C=O) groups is 2. The Morgan fingerprint density at radius 1 is 0.926 bits per heavy atom. The van der Waals surface area contributed by atoms with Crippen LogP contribution < -0.4 is 20.1 Å². The van der Waals surface area contributed by atoms with Crippen molar-refractivity contribution in [1.29, 1.82) is 0 Å². The zero-order valence-electron chi connectivity index (χ0n) is 14.9. The largest absolute Gasteiger partial charge is 0.486 e. The highest BCUT2D eigenvalue weighted by molar-refractivity contribution is 6.06. The zero-order chi connectivity index (χ0) is 18.6. The average molecular weight is 367 g/mol. The summed E-state index contributed by atoms with van der Waals surface area (Å²) in [6.45, 7) is 0.993. The highest BCUT2D eigenvalue weighted by Gasteiger charge is 2.19. The molecule has 0 saturated heterocycles. The molecule has 1 aliphatic carbocycles. The Labute approximate surface area is 157 Å². The summed E-state index contributed by atoms with van der Waals surface area (Å²) >= 11 is 0. The van der Waals surface area contributed by atoms with E-state index in [-0.39, 0.29) is 17.9 Å². The number of hydrogen-bond donors (Lipinski definition) is 2. The van der Waals surface area contributed by atoms with E-state index >= 15 is 0 Å². The third-order valence-electron chi connectivity index (χ3n) is 4.75. The molecule has 27 heavy (non-hydrogen) atoms. The third kappa shape index (κ3) is 4.02. The fraction of sp³-hybridized carbons (Fsp3) is 0.350. The predicted octanol–water partition coefficient (Wildman–Crippen LogP) is 2.78. The number of amides is 2. The molecule has 2 heterocycles. The monoisotopic (exact) mass is 367 g/mol. The van der Waals surface area contributed by atoms with Crippen LogP contribution in [-0.4, -0.2) is 36.1 Å². The fourth-order valence-corrected chi connectivity index (χ4v) is 3.35. The van der Waals surface area contributed by atoms with E-state index < -0.39 is 0 Å². The average Bonchev–Trinajstić information content (AvgIpc) is 3.21. The van der Waals surface area contributed by atoms with Gasteiger partial charge in [-0.15, -0.1) is 0 Å². The lowest BCUT2D eigenvalue weighted by Gasteiger charge is -2.19. The lowest BCUT2D eigenvalue weighted by molar-refractivity contribution is 0.0937. The first kappa shape index (κ1) is 17.3. The molecule has 2 N–H and O–H groups in total. The lowest BCUT2D eigenvalue weighted by Crippen LogP contribution is -2.32. The summed E-state index contributed by atoms with van der Waals surface area (Å²) in [5.74, 6) is 0.728. The Hall–Kier alpha value is -3.09. The molecule has 140 valence electrons. The molecule has 1 saturated carbocycles. The normalized spacial score (nSPS) is 16.0. The molecule has 0 bridgehead atoms. The number of nitrogens with zero attached hydrogens (tertiary/aromatic N) is 1. The van der Waals surface area contributed by atoms with Crippen LogP contribution in [0.5, 0.6) is 11.5 Å². The van der Waals surface area contributed by atoms with Crippen LogP contribution in [0.15, 0.2) is 36.7 Å². The number of nitrogens with one attached hydrogen (secondary N) is 2. The van der Waals surface area contributed by atoms with Gasteiger partial charge in [-0.1, -0.05) is 12.8 Å². The summed E-state index contributed by atoms with van der Waals surface area (Å²) in [5, 5.41) is 5.81. The quantitative estimate of drug-likeness (QED) is 0.867. The molecule has 1 aromatic heterocycles. The molecule has 7 heteroatoms. The van der Waals surface area contributed by atoms with Crippen molar-refractivity contribution in [2.24, 2.45) is 0 Å². The lowest BCUT2D eigenvalue weighted by atomic mass is 10.1. The number of benzene rings is 1. The molecule has 2 aromatic rings. The van der Waals surface area contributed by atoms with Gasteiger partial charge in [0.25, 0.3) is 11.8 Å². The Balaban J connectivity index is 1.45. The molecule has 1 fully saturated rings. The number of carbonyl (C=O) groups excluding carboxylic acids is 2. The molecule has 0 atom stereocenters. The van der Waals surface area contributed by atoms with Gasteiger partial charge < -0.3 is 20.1 Å². The van der Waals surface area contributed by atoms with Gasteiger partial charge in [0.1, 0.15) is 13.2 Å². The van der Waals surface area contributed by atoms with Gasteiger partial charge in [-0.3, -0.25) is 14.6 Å². The standard InChI is InChI=1S/C20H21N3O4/c24-19(22-15-3-1-2-4-15)13-9-14(12-21-11-13)20(25)23-16-5-6-17-18(10-16)27-8-7-26-17/h5-6,9-12,15H,1-4,7-8H2,(H,22,24)(H,23,25). The topological polar surface area (TPSA) is 89.6 Å². The first-order chi connectivity index (χ1) is 13.2. The number of rotatable bonds is 4. The molecule has 0 radical (unpaired) electrons. The van der Waals surface area contributed by atoms with E-state index in [1.54, 1.807) is 24.3 Å². The van der Waals surface area contributed by atoms with Gasteiger partial charge >= 0.3 is 0 Å². The Morgan fingerprint density at radius 3 is 2.41 bits per heavy atom. The van der Waals surface area contributed by atoms with Crippen molar-refractivity contribution >= 4 is 17.5 Å². The second kappa shape index (κ2) is 7.65. The van der Waals surface area contributed by atoms with Crippen LogP contribution in [0.4, 0.5) is 5.69 Å². The summed E-state index contributed by atoms with van der Waals surface area (Å²) in [7, 11) is 0. The van der Waals surface area contributed by atoms with E-state index in [4.69, 9.17) is 9.47 Å². The molecular formula is C20H21N3O4. The number of hydrogen-bond acceptors (Lipinski definition) is 5. The zero-order valence-corrected chi connectivity index (χ0v) is 14.9. The summed E-state index contributed by atoms with van der Waals surface area (Å²) in [4.78, 5) is 29.0. The van der Waals surface area contributed by atoms with Crippen LogP contribution in [0, 0.1) is 0 Å². The van der Waals surface area contributed by atoms with Crippen LogP contribution in [0.3, 0.4) is 0 Å². The molecule has 0 unspecified atom stereocenters. The van der Waals surface area contributed by atoms with Gasteiger partial charge in [-0.2, -0.15) is 0 Å². The van der Waals surface area contributed by atoms with Gasteiger partial charge in [0.2, 0.25) is 0 Å². The van der Waals surface area contributed by atoms with Gasteiger partial charge in [-0.25, -0.2) is 0 Å². The number of ether oxygens (including phenoxy) is 2. The number of aromatic nitrogens is 1. The number of pyridine rings is 1. The van der Waals surface area contributed by atoms with E-state index in [1.807, 2.05) is 0 Å². The Morgan fingerprint density at radius 2 is 1.63 bits per heavy atom.